The molecule has 19 heavy (non-hydrogen) atoms. The molecule has 104 valence electrons. The number of hydrogen-bond acceptors (Lipinski definition) is 5. The second-order valence-electron chi connectivity index (χ2n) is 5.12. The van der Waals surface area contributed by atoms with Gasteiger partial charge in [0.05, 0.1) is 18.4 Å². The van der Waals surface area contributed by atoms with E-state index in [4.69, 9.17) is 10.5 Å². The highest BCUT2D eigenvalue weighted by atomic mass is 16.5. The summed E-state index contributed by atoms with van der Waals surface area (Å²) in [5.41, 5.74) is 6.81. The van der Waals surface area contributed by atoms with Crippen molar-refractivity contribution in [1.29, 1.82) is 0 Å². The summed E-state index contributed by atoms with van der Waals surface area (Å²) in [4.78, 5) is 17.9. The van der Waals surface area contributed by atoms with Crippen LogP contribution in [-0.2, 0) is 4.74 Å². The zero-order valence-electron chi connectivity index (χ0n) is 11.6. The number of aromatic nitrogens is 1. The van der Waals surface area contributed by atoms with Crippen molar-refractivity contribution >= 4 is 17.5 Å². The number of anilines is 2. The normalized spacial score (nSPS) is 15.5. The molecule has 0 amide bonds. The summed E-state index contributed by atoms with van der Waals surface area (Å²) in [6.07, 6.45) is 6.75. The van der Waals surface area contributed by atoms with E-state index in [-0.39, 0.29) is 0 Å². The van der Waals surface area contributed by atoms with Crippen molar-refractivity contribution < 1.29 is 9.53 Å². The minimum Gasteiger partial charge on any atom is -0.465 e. The number of rotatable bonds is 4. The Balaban J connectivity index is 2.16. The lowest BCUT2D eigenvalue weighted by Gasteiger charge is -2.23. The van der Waals surface area contributed by atoms with Gasteiger partial charge in [0.25, 0.3) is 0 Å². The van der Waals surface area contributed by atoms with Crippen molar-refractivity contribution in [3.05, 3.63) is 17.8 Å². The molecule has 2 rings (SSSR count). The van der Waals surface area contributed by atoms with Gasteiger partial charge < -0.3 is 15.4 Å². The maximum absolute atomic E-state index is 11.6. The topological polar surface area (TPSA) is 68.5 Å². The molecule has 5 heteroatoms. The van der Waals surface area contributed by atoms with Crippen molar-refractivity contribution in [2.45, 2.75) is 25.7 Å². The summed E-state index contributed by atoms with van der Waals surface area (Å²) in [5, 5.41) is 0. The van der Waals surface area contributed by atoms with Gasteiger partial charge in [0.15, 0.2) is 5.82 Å². The van der Waals surface area contributed by atoms with Crippen molar-refractivity contribution in [3.8, 4) is 0 Å². The fourth-order valence-corrected chi connectivity index (χ4v) is 2.72. The molecule has 0 aliphatic heterocycles. The van der Waals surface area contributed by atoms with E-state index >= 15 is 0 Å². The average Bonchev–Trinajstić information content (AvgIpc) is 2.90. The van der Waals surface area contributed by atoms with Crippen LogP contribution in [0.25, 0.3) is 0 Å². The van der Waals surface area contributed by atoms with Crippen molar-refractivity contribution in [3.63, 3.8) is 0 Å². The van der Waals surface area contributed by atoms with Gasteiger partial charge >= 0.3 is 5.97 Å². The molecule has 0 spiro atoms. The number of carbonyl (C=O) groups is 1. The van der Waals surface area contributed by atoms with Gasteiger partial charge in [0, 0.05) is 19.8 Å². The van der Waals surface area contributed by atoms with Crippen molar-refractivity contribution in [2.75, 3.05) is 31.3 Å². The lowest BCUT2D eigenvalue weighted by atomic mass is 10.1. The molecule has 0 aromatic carbocycles. The first kappa shape index (κ1) is 13.6. The van der Waals surface area contributed by atoms with Crippen LogP contribution in [0.1, 0.15) is 36.0 Å². The molecule has 1 saturated carbocycles. The Morgan fingerprint density at radius 1 is 1.53 bits per heavy atom. The summed E-state index contributed by atoms with van der Waals surface area (Å²) >= 11 is 0. The number of nitrogens with zero attached hydrogens (tertiary/aromatic N) is 2. The first-order valence-corrected chi connectivity index (χ1v) is 6.67. The number of nitrogen functional groups attached to an aromatic ring is 1. The van der Waals surface area contributed by atoms with Gasteiger partial charge in [-0.3, -0.25) is 0 Å². The predicted molar refractivity (Wildman–Crippen MR) is 75.2 cm³/mol. The van der Waals surface area contributed by atoms with Gasteiger partial charge in [0.1, 0.15) is 0 Å². The summed E-state index contributed by atoms with van der Waals surface area (Å²) in [5.74, 6) is 0.943. The van der Waals surface area contributed by atoms with Gasteiger partial charge in [-0.2, -0.15) is 0 Å². The van der Waals surface area contributed by atoms with E-state index in [1.54, 1.807) is 12.3 Å². The second kappa shape index (κ2) is 5.91. The van der Waals surface area contributed by atoms with E-state index in [1.165, 1.54) is 32.8 Å². The Kier molecular flexibility index (Phi) is 4.24. The number of esters is 1. The maximum Gasteiger partial charge on any atom is 0.340 e. The Hall–Kier alpha value is -1.78. The number of methoxy groups -OCH3 is 1. The molecule has 0 saturated heterocycles. The summed E-state index contributed by atoms with van der Waals surface area (Å²) in [6, 6.07) is 1.59. The molecular weight excluding hydrogens is 242 g/mol. The van der Waals surface area contributed by atoms with Crippen LogP contribution < -0.4 is 10.6 Å². The third-order valence-corrected chi connectivity index (χ3v) is 3.74. The third kappa shape index (κ3) is 2.97. The van der Waals surface area contributed by atoms with Gasteiger partial charge in [-0.15, -0.1) is 0 Å². The largest absolute Gasteiger partial charge is 0.465 e. The molecule has 1 aliphatic rings. The monoisotopic (exact) mass is 263 g/mol. The standard InChI is InChI=1S/C14H21N3O2/c1-17(9-10-5-3-4-6-10)13-12(15)11(7-8-16-13)14(18)19-2/h7-8,10H,3-6,9,15H2,1-2H3. The van der Waals surface area contributed by atoms with Crippen LogP contribution >= 0.6 is 0 Å². The fraction of sp³-hybridized carbons (Fsp3) is 0.571. The zero-order valence-corrected chi connectivity index (χ0v) is 11.6. The Morgan fingerprint density at radius 3 is 2.84 bits per heavy atom. The highest BCUT2D eigenvalue weighted by molar-refractivity contribution is 5.97. The van der Waals surface area contributed by atoms with E-state index in [9.17, 15) is 4.79 Å². The van der Waals surface area contributed by atoms with E-state index < -0.39 is 5.97 Å². The van der Waals surface area contributed by atoms with Gasteiger partial charge in [-0.25, -0.2) is 9.78 Å². The smallest absolute Gasteiger partial charge is 0.340 e. The molecule has 2 N–H and O–H groups in total. The molecule has 0 radical (unpaired) electrons. The highest BCUT2D eigenvalue weighted by Gasteiger charge is 2.20. The average molecular weight is 263 g/mol. The molecule has 5 nitrogen and oxygen atoms in total. The minimum atomic E-state index is -0.421. The molecule has 1 heterocycles. The minimum absolute atomic E-state index is 0.380. The highest BCUT2D eigenvalue weighted by Crippen LogP contribution is 2.29. The molecule has 1 aromatic rings. The number of carbonyl (C=O) groups excluding carboxylic acids is 1. The van der Waals surface area contributed by atoms with Gasteiger partial charge in [0.2, 0.25) is 0 Å². The molecule has 1 aromatic heterocycles. The predicted octanol–water partition coefficient (Wildman–Crippen LogP) is 2.08. The van der Waals surface area contributed by atoms with Crippen LogP contribution in [0.3, 0.4) is 0 Å². The number of pyridine rings is 1. The first-order chi connectivity index (χ1) is 9.13. The summed E-state index contributed by atoms with van der Waals surface area (Å²) < 4.78 is 4.72. The lowest BCUT2D eigenvalue weighted by Crippen LogP contribution is -2.26. The molecular formula is C14H21N3O2. The van der Waals surface area contributed by atoms with Crippen LogP contribution in [-0.4, -0.2) is 31.7 Å². The number of ether oxygens (including phenoxy) is 1. The Bertz CT molecular complexity index is 456. The second-order valence-corrected chi connectivity index (χ2v) is 5.12. The Labute approximate surface area is 113 Å². The van der Waals surface area contributed by atoms with Crippen LogP contribution in [0.4, 0.5) is 11.5 Å². The van der Waals surface area contributed by atoms with E-state index in [0.717, 1.165) is 6.54 Å². The number of hydrogen-bond donors (Lipinski definition) is 1. The van der Waals surface area contributed by atoms with Crippen LogP contribution in [0, 0.1) is 5.92 Å². The van der Waals surface area contributed by atoms with Gasteiger partial charge in [-0.05, 0) is 24.8 Å². The zero-order chi connectivity index (χ0) is 13.8. The third-order valence-electron chi connectivity index (χ3n) is 3.74. The molecule has 1 aliphatic carbocycles. The lowest BCUT2D eigenvalue weighted by molar-refractivity contribution is 0.0602. The van der Waals surface area contributed by atoms with Crippen molar-refractivity contribution in [2.24, 2.45) is 5.92 Å². The van der Waals surface area contributed by atoms with Crippen LogP contribution in [0.15, 0.2) is 12.3 Å². The molecule has 1 fully saturated rings. The maximum atomic E-state index is 11.6. The van der Waals surface area contributed by atoms with Crippen molar-refractivity contribution in [1.82, 2.24) is 4.98 Å². The quantitative estimate of drug-likeness (QED) is 0.842. The van der Waals surface area contributed by atoms with Crippen LogP contribution in [0.2, 0.25) is 0 Å². The first-order valence-electron chi connectivity index (χ1n) is 6.67. The SMILES string of the molecule is COC(=O)c1ccnc(N(C)CC2CCCC2)c1N. The fourth-order valence-electron chi connectivity index (χ4n) is 2.72. The summed E-state index contributed by atoms with van der Waals surface area (Å²) in [7, 11) is 3.32. The number of nitrogens with two attached hydrogens (primary N) is 1. The van der Waals surface area contributed by atoms with Crippen LogP contribution in [0.5, 0.6) is 0 Å². The molecule has 0 unspecified atom stereocenters. The Morgan fingerprint density at radius 2 is 2.21 bits per heavy atom. The van der Waals surface area contributed by atoms with E-state index in [2.05, 4.69) is 4.98 Å². The van der Waals surface area contributed by atoms with Gasteiger partial charge in [-0.1, -0.05) is 12.8 Å². The molecule has 0 atom stereocenters. The van der Waals surface area contributed by atoms with E-state index in [1.807, 2.05) is 11.9 Å². The molecule has 0 bridgehead atoms. The van der Waals surface area contributed by atoms with E-state index in [0.29, 0.717) is 23.0 Å². The summed E-state index contributed by atoms with van der Waals surface area (Å²) in [6.45, 7) is 0.932.